The van der Waals surface area contributed by atoms with Crippen LogP contribution in [0.5, 0.6) is 0 Å². The first-order valence-electron chi connectivity index (χ1n) is 12.9. The second-order valence-electron chi connectivity index (χ2n) is 9.67. The van der Waals surface area contributed by atoms with E-state index in [2.05, 4.69) is 20.9 Å². The van der Waals surface area contributed by atoms with Gasteiger partial charge in [0, 0.05) is 24.3 Å². The molecule has 0 bridgehead atoms. The zero-order valence-corrected chi connectivity index (χ0v) is 21.5. The number of halogens is 1. The van der Waals surface area contributed by atoms with Gasteiger partial charge in [0.1, 0.15) is 23.9 Å². The smallest absolute Gasteiger partial charge is 0.249 e. The summed E-state index contributed by atoms with van der Waals surface area (Å²) in [4.78, 5) is 40.8. The van der Waals surface area contributed by atoms with Crippen LogP contribution in [0.15, 0.2) is 72.8 Å². The standard InChI is InChI=1S/C29H29FN6O3/c1-19(37)31-23-14-16-24(17-15-23)36(27(38)18-35-26-9-5-4-8-25(26)33-34-35)28(20-10-12-21(30)13-11-20)29(39)32-22-6-2-3-7-22/h4-5,8-17,22,28H,2-3,6-7,18H2,1H3,(H,31,37)(H,32,39)/t28-/m1/s1. The summed E-state index contributed by atoms with van der Waals surface area (Å²) < 4.78 is 15.4. The predicted molar refractivity (Wildman–Crippen MR) is 145 cm³/mol. The predicted octanol–water partition coefficient (Wildman–Crippen LogP) is 4.36. The van der Waals surface area contributed by atoms with E-state index in [4.69, 9.17) is 0 Å². The number of hydrogen-bond donors (Lipinski definition) is 2. The third kappa shape index (κ3) is 5.95. The summed E-state index contributed by atoms with van der Waals surface area (Å²) in [5.74, 6) is -1.43. The molecule has 4 aromatic rings. The highest BCUT2D eigenvalue weighted by atomic mass is 19.1. The van der Waals surface area contributed by atoms with Crippen LogP contribution >= 0.6 is 0 Å². The number of carbonyl (C=O) groups excluding carboxylic acids is 3. The number of hydrogen-bond acceptors (Lipinski definition) is 5. The molecule has 10 heteroatoms. The Labute approximate surface area is 225 Å². The summed E-state index contributed by atoms with van der Waals surface area (Å²) in [7, 11) is 0. The van der Waals surface area contributed by atoms with Crippen molar-refractivity contribution in [3.8, 4) is 0 Å². The lowest BCUT2D eigenvalue weighted by Crippen LogP contribution is -2.47. The Bertz CT molecular complexity index is 1480. The highest BCUT2D eigenvalue weighted by Gasteiger charge is 2.34. The van der Waals surface area contributed by atoms with Gasteiger partial charge in [0.15, 0.2) is 0 Å². The highest BCUT2D eigenvalue weighted by Crippen LogP contribution is 2.31. The number of benzene rings is 3. The van der Waals surface area contributed by atoms with E-state index in [1.165, 1.54) is 40.8 Å². The van der Waals surface area contributed by atoms with E-state index < -0.39 is 17.8 Å². The van der Waals surface area contributed by atoms with Crippen molar-refractivity contribution in [2.75, 3.05) is 10.2 Å². The van der Waals surface area contributed by atoms with Gasteiger partial charge >= 0.3 is 0 Å². The lowest BCUT2D eigenvalue weighted by molar-refractivity contribution is -0.127. The largest absolute Gasteiger partial charge is 0.351 e. The Morgan fingerprint density at radius 3 is 2.38 bits per heavy atom. The molecule has 200 valence electrons. The second kappa shape index (κ2) is 11.4. The first kappa shape index (κ1) is 26.0. The van der Waals surface area contributed by atoms with Crippen molar-refractivity contribution in [2.24, 2.45) is 0 Å². The summed E-state index contributed by atoms with van der Waals surface area (Å²) in [6.45, 7) is 1.23. The van der Waals surface area contributed by atoms with E-state index in [9.17, 15) is 18.8 Å². The number of aromatic nitrogens is 3. The zero-order valence-electron chi connectivity index (χ0n) is 21.5. The number of amides is 3. The number of nitrogens with one attached hydrogen (secondary N) is 2. The van der Waals surface area contributed by atoms with Crippen LogP contribution in [0.1, 0.15) is 44.2 Å². The van der Waals surface area contributed by atoms with E-state index >= 15 is 0 Å². The molecule has 3 aromatic carbocycles. The molecule has 2 N–H and O–H groups in total. The molecule has 0 aliphatic heterocycles. The maximum atomic E-state index is 14.1. The fraction of sp³-hybridized carbons (Fsp3) is 0.276. The molecule has 1 saturated carbocycles. The molecule has 0 unspecified atom stereocenters. The number of fused-ring (bicyclic) bond motifs is 1. The number of para-hydroxylation sites is 1. The third-order valence-corrected chi connectivity index (χ3v) is 6.83. The minimum atomic E-state index is -1.07. The number of anilines is 2. The van der Waals surface area contributed by atoms with E-state index in [-0.39, 0.29) is 24.4 Å². The van der Waals surface area contributed by atoms with Crippen LogP contribution in [-0.4, -0.2) is 38.8 Å². The highest BCUT2D eigenvalue weighted by molar-refractivity contribution is 6.02. The fourth-order valence-corrected chi connectivity index (χ4v) is 5.00. The summed E-state index contributed by atoms with van der Waals surface area (Å²) in [6.07, 6.45) is 3.79. The zero-order chi connectivity index (χ0) is 27.4. The SMILES string of the molecule is CC(=O)Nc1ccc(N(C(=O)Cn2nnc3ccccc32)[C@@H](C(=O)NC2CCCC2)c2ccc(F)cc2)cc1. The molecule has 1 atom stereocenters. The molecule has 39 heavy (non-hydrogen) atoms. The third-order valence-electron chi connectivity index (χ3n) is 6.83. The van der Waals surface area contributed by atoms with Gasteiger partial charge in [-0.15, -0.1) is 5.10 Å². The van der Waals surface area contributed by atoms with Crippen LogP contribution < -0.4 is 15.5 Å². The lowest BCUT2D eigenvalue weighted by Gasteiger charge is -2.32. The molecular weight excluding hydrogens is 499 g/mol. The lowest BCUT2D eigenvalue weighted by atomic mass is 10.0. The van der Waals surface area contributed by atoms with Gasteiger partial charge < -0.3 is 10.6 Å². The van der Waals surface area contributed by atoms with Crippen LogP contribution in [0.25, 0.3) is 11.0 Å². The summed E-state index contributed by atoms with van der Waals surface area (Å²) >= 11 is 0. The van der Waals surface area contributed by atoms with Crippen LogP contribution in [0.4, 0.5) is 15.8 Å². The molecule has 1 aliphatic carbocycles. The van der Waals surface area contributed by atoms with Crippen molar-refractivity contribution in [3.63, 3.8) is 0 Å². The van der Waals surface area contributed by atoms with Gasteiger partial charge in [0.25, 0.3) is 0 Å². The minimum Gasteiger partial charge on any atom is -0.351 e. The van der Waals surface area contributed by atoms with Crippen molar-refractivity contribution in [3.05, 3.63) is 84.2 Å². The number of carbonyl (C=O) groups is 3. The molecule has 0 spiro atoms. The quantitative estimate of drug-likeness (QED) is 0.353. The first-order valence-corrected chi connectivity index (χ1v) is 12.9. The maximum Gasteiger partial charge on any atom is 0.249 e. The van der Waals surface area contributed by atoms with E-state index in [1.54, 1.807) is 30.3 Å². The van der Waals surface area contributed by atoms with Gasteiger partial charge in [-0.05, 0) is 66.9 Å². The second-order valence-corrected chi connectivity index (χ2v) is 9.67. The molecule has 1 aliphatic rings. The van der Waals surface area contributed by atoms with Gasteiger partial charge in [0.2, 0.25) is 17.7 Å². The summed E-state index contributed by atoms with van der Waals surface area (Å²) in [5, 5.41) is 14.1. The molecule has 0 radical (unpaired) electrons. The Kier molecular flexibility index (Phi) is 7.62. The van der Waals surface area contributed by atoms with Crippen LogP contribution in [0.3, 0.4) is 0 Å². The van der Waals surface area contributed by atoms with Crippen LogP contribution in [0, 0.1) is 5.82 Å². The fourth-order valence-electron chi connectivity index (χ4n) is 5.00. The molecule has 0 saturated heterocycles. The Morgan fingerprint density at radius 1 is 1.00 bits per heavy atom. The molecule has 1 aromatic heterocycles. The average Bonchev–Trinajstić information content (AvgIpc) is 3.58. The van der Waals surface area contributed by atoms with Crippen molar-refractivity contribution in [1.29, 1.82) is 0 Å². The molecule has 1 fully saturated rings. The van der Waals surface area contributed by atoms with Gasteiger partial charge in [-0.25, -0.2) is 9.07 Å². The topological polar surface area (TPSA) is 109 Å². The minimum absolute atomic E-state index is 0.0128. The van der Waals surface area contributed by atoms with E-state index in [0.29, 0.717) is 28.0 Å². The monoisotopic (exact) mass is 528 g/mol. The van der Waals surface area contributed by atoms with Crippen molar-refractivity contribution < 1.29 is 18.8 Å². The Hall–Kier alpha value is -4.60. The van der Waals surface area contributed by atoms with Crippen molar-refractivity contribution in [2.45, 2.75) is 51.2 Å². The van der Waals surface area contributed by atoms with E-state index in [1.807, 2.05) is 18.2 Å². The molecular formula is C29H29FN6O3. The normalized spacial score (nSPS) is 14.2. The van der Waals surface area contributed by atoms with Gasteiger partial charge in [0.05, 0.1) is 5.52 Å². The summed E-state index contributed by atoms with van der Waals surface area (Å²) in [5.41, 5.74) is 2.78. The maximum absolute atomic E-state index is 14.1. The first-order chi connectivity index (χ1) is 18.9. The molecule has 9 nitrogen and oxygen atoms in total. The summed E-state index contributed by atoms with van der Waals surface area (Å²) in [6, 6.07) is 18.5. The Morgan fingerprint density at radius 2 is 1.69 bits per heavy atom. The Balaban J connectivity index is 1.56. The van der Waals surface area contributed by atoms with Crippen molar-refractivity contribution >= 4 is 40.1 Å². The number of nitrogens with zero attached hydrogens (tertiary/aromatic N) is 4. The molecule has 1 heterocycles. The van der Waals surface area contributed by atoms with Gasteiger partial charge in [-0.1, -0.05) is 42.3 Å². The van der Waals surface area contributed by atoms with Gasteiger partial charge in [-0.3, -0.25) is 19.3 Å². The molecule has 3 amide bonds. The number of rotatable bonds is 8. The van der Waals surface area contributed by atoms with Crippen LogP contribution in [-0.2, 0) is 20.9 Å². The molecule has 5 rings (SSSR count). The average molecular weight is 529 g/mol. The van der Waals surface area contributed by atoms with Crippen LogP contribution in [0.2, 0.25) is 0 Å². The van der Waals surface area contributed by atoms with E-state index in [0.717, 1.165) is 25.7 Å². The van der Waals surface area contributed by atoms with Crippen molar-refractivity contribution in [1.82, 2.24) is 20.3 Å². The van der Waals surface area contributed by atoms with Gasteiger partial charge in [-0.2, -0.15) is 0 Å².